The number of rotatable bonds is 6. The van der Waals surface area contributed by atoms with Crippen molar-refractivity contribution in [2.24, 2.45) is 0 Å². The molecule has 0 radical (unpaired) electrons. The fraction of sp³-hybridized carbons (Fsp3) is 0.222. The molecule has 0 spiro atoms. The molecule has 114 valence electrons. The van der Waals surface area contributed by atoms with Gasteiger partial charge in [0.05, 0.1) is 12.1 Å². The Morgan fingerprint density at radius 1 is 1.18 bits per heavy atom. The number of ether oxygens (including phenoxy) is 1. The summed E-state index contributed by atoms with van der Waals surface area (Å²) in [5.41, 5.74) is 3.69. The molecule has 2 aromatic carbocycles. The van der Waals surface area contributed by atoms with Crippen molar-refractivity contribution in [3.8, 4) is 5.75 Å². The van der Waals surface area contributed by atoms with Gasteiger partial charge in [-0.2, -0.15) is 0 Å². The van der Waals surface area contributed by atoms with Crippen molar-refractivity contribution in [1.29, 1.82) is 0 Å². The minimum absolute atomic E-state index is 0.651. The van der Waals surface area contributed by atoms with Crippen LogP contribution in [-0.2, 0) is 13.0 Å². The largest absolute Gasteiger partial charge is 0.495 e. The fourth-order valence-corrected chi connectivity index (χ4v) is 2.89. The molecule has 0 unspecified atom stereocenters. The molecule has 0 saturated heterocycles. The molecule has 0 saturated carbocycles. The second-order valence-corrected chi connectivity index (χ2v) is 5.66. The Kier molecular flexibility index (Phi) is 4.66. The molecular weight excluding hydrogens is 296 g/mol. The molecule has 3 rings (SSSR count). The smallest absolute Gasteiger partial charge is 0.137 e. The van der Waals surface area contributed by atoms with Gasteiger partial charge in [0.2, 0.25) is 0 Å². The minimum Gasteiger partial charge on any atom is -0.495 e. The Hall–Kier alpha value is -1.97. The Labute approximate surface area is 135 Å². The maximum atomic E-state index is 6.13. The molecule has 1 aromatic heterocycles. The molecule has 2 N–H and O–H groups in total. The van der Waals surface area contributed by atoms with Crippen molar-refractivity contribution in [2.45, 2.75) is 13.0 Å². The van der Waals surface area contributed by atoms with Crippen LogP contribution in [0.25, 0.3) is 10.9 Å². The molecular formula is C18H19ClN2O. The molecule has 1 heterocycles. The van der Waals surface area contributed by atoms with E-state index in [1.165, 1.54) is 16.5 Å². The zero-order valence-corrected chi connectivity index (χ0v) is 13.3. The van der Waals surface area contributed by atoms with Crippen molar-refractivity contribution in [2.75, 3.05) is 13.7 Å². The number of methoxy groups -OCH3 is 1. The number of hydrogen-bond donors (Lipinski definition) is 2. The normalized spacial score (nSPS) is 11.0. The van der Waals surface area contributed by atoms with Crippen LogP contribution in [0.2, 0.25) is 5.02 Å². The van der Waals surface area contributed by atoms with Gasteiger partial charge in [-0.15, -0.1) is 0 Å². The predicted octanol–water partition coefficient (Wildman–Crippen LogP) is 4.16. The summed E-state index contributed by atoms with van der Waals surface area (Å²) in [5.74, 6) is 0.712. The van der Waals surface area contributed by atoms with Gasteiger partial charge in [0.15, 0.2) is 0 Å². The van der Waals surface area contributed by atoms with Crippen LogP contribution in [0.4, 0.5) is 0 Å². The van der Waals surface area contributed by atoms with Gasteiger partial charge in [0, 0.05) is 23.6 Å². The van der Waals surface area contributed by atoms with E-state index in [9.17, 15) is 0 Å². The van der Waals surface area contributed by atoms with Crippen molar-refractivity contribution < 1.29 is 4.74 Å². The first-order valence-electron chi connectivity index (χ1n) is 7.36. The average molecular weight is 315 g/mol. The van der Waals surface area contributed by atoms with Crippen LogP contribution in [0.5, 0.6) is 5.75 Å². The summed E-state index contributed by atoms with van der Waals surface area (Å²) in [4.78, 5) is 3.31. The Bertz CT molecular complexity index is 767. The minimum atomic E-state index is 0.651. The van der Waals surface area contributed by atoms with Crippen LogP contribution >= 0.6 is 11.6 Å². The van der Waals surface area contributed by atoms with Gasteiger partial charge >= 0.3 is 0 Å². The molecule has 0 aliphatic heterocycles. The first-order valence-corrected chi connectivity index (χ1v) is 7.74. The number of para-hydroxylation sites is 1. The Balaban J connectivity index is 1.54. The summed E-state index contributed by atoms with van der Waals surface area (Å²) < 4.78 is 5.16. The lowest BCUT2D eigenvalue weighted by atomic mass is 10.1. The van der Waals surface area contributed by atoms with Crippen LogP contribution in [0.3, 0.4) is 0 Å². The van der Waals surface area contributed by atoms with Crippen molar-refractivity contribution in [1.82, 2.24) is 10.3 Å². The monoisotopic (exact) mass is 314 g/mol. The van der Waals surface area contributed by atoms with E-state index in [1.807, 2.05) is 24.3 Å². The number of aromatic amines is 1. The highest BCUT2D eigenvalue weighted by Crippen LogP contribution is 2.24. The van der Waals surface area contributed by atoms with Crippen LogP contribution in [-0.4, -0.2) is 18.6 Å². The van der Waals surface area contributed by atoms with Gasteiger partial charge in [0.25, 0.3) is 0 Å². The zero-order chi connectivity index (χ0) is 15.4. The summed E-state index contributed by atoms with van der Waals surface area (Å²) in [6, 6.07) is 14.3. The highest BCUT2D eigenvalue weighted by atomic mass is 35.5. The summed E-state index contributed by atoms with van der Waals surface area (Å²) in [6.07, 6.45) is 3.09. The summed E-state index contributed by atoms with van der Waals surface area (Å²) in [5, 5.41) is 5.41. The molecule has 0 fully saturated rings. The second-order valence-electron chi connectivity index (χ2n) is 5.26. The molecule has 0 aliphatic rings. The molecule has 0 atom stereocenters. The van der Waals surface area contributed by atoms with Crippen molar-refractivity contribution >= 4 is 22.5 Å². The molecule has 22 heavy (non-hydrogen) atoms. The molecule has 0 bridgehead atoms. The van der Waals surface area contributed by atoms with Gasteiger partial charge in [-0.05, 0) is 42.3 Å². The number of aromatic nitrogens is 1. The SMILES string of the molecule is COc1ccc(CNCCc2c[nH]c3ccccc23)cc1Cl. The number of H-pyrrole nitrogens is 1. The third-order valence-electron chi connectivity index (χ3n) is 3.79. The molecule has 3 aromatic rings. The van der Waals surface area contributed by atoms with Crippen molar-refractivity contribution in [3.63, 3.8) is 0 Å². The molecule has 0 amide bonds. The van der Waals surface area contributed by atoms with Gasteiger partial charge in [-0.1, -0.05) is 35.9 Å². The lowest BCUT2D eigenvalue weighted by Crippen LogP contribution is -2.16. The van der Waals surface area contributed by atoms with E-state index in [0.29, 0.717) is 10.8 Å². The zero-order valence-electron chi connectivity index (χ0n) is 12.5. The number of benzene rings is 2. The van der Waals surface area contributed by atoms with Gasteiger partial charge in [-0.25, -0.2) is 0 Å². The Morgan fingerprint density at radius 3 is 2.86 bits per heavy atom. The van der Waals surface area contributed by atoms with E-state index >= 15 is 0 Å². The van der Waals surface area contributed by atoms with Crippen LogP contribution in [0.1, 0.15) is 11.1 Å². The lowest BCUT2D eigenvalue weighted by Gasteiger charge is -2.07. The van der Waals surface area contributed by atoms with Crippen LogP contribution in [0, 0.1) is 0 Å². The third kappa shape index (κ3) is 3.26. The Morgan fingerprint density at radius 2 is 2.05 bits per heavy atom. The quantitative estimate of drug-likeness (QED) is 0.670. The van der Waals surface area contributed by atoms with E-state index in [1.54, 1.807) is 7.11 Å². The predicted molar refractivity (Wildman–Crippen MR) is 91.7 cm³/mol. The average Bonchev–Trinajstić information content (AvgIpc) is 2.95. The highest BCUT2D eigenvalue weighted by Gasteiger charge is 2.03. The first kappa shape index (κ1) is 14.9. The summed E-state index contributed by atoms with van der Waals surface area (Å²) in [7, 11) is 1.63. The maximum Gasteiger partial charge on any atom is 0.137 e. The van der Waals surface area contributed by atoms with Gasteiger partial charge in [-0.3, -0.25) is 0 Å². The second kappa shape index (κ2) is 6.86. The van der Waals surface area contributed by atoms with E-state index in [-0.39, 0.29) is 0 Å². The van der Waals surface area contributed by atoms with E-state index in [0.717, 1.165) is 25.1 Å². The third-order valence-corrected chi connectivity index (χ3v) is 4.09. The lowest BCUT2D eigenvalue weighted by molar-refractivity contribution is 0.415. The molecule has 3 nitrogen and oxygen atoms in total. The number of halogens is 1. The van der Waals surface area contributed by atoms with Gasteiger partial charge in [0.1, 0.15) is 5.75 Å². The number of nitrogens with one attached hydrogen (secondary N) is 2. The summed E-state index contributed by atoms with van der Waals surface area (Å²) in [6.45, 7) is 1.72. The van der Waals surface area contributed by atoms with Crippen LogP contribution in [0.15, 0.2) is 48.7 Å². The number of fused-ring (bicyclic) bond motifs is 1. The van der Waals surface area contributed by atoms with Gasteiger partial charge < -0.3 is 15.0 Å². The maximum absolute atomic E-state index is 6.13. The highest BCUT2D eigenvalue weighted by molar-refractivity contribution is 6.32. The molecule has 0 aliphatic carbocycles. The fourth-order valence-electron chi connectivity index (χ4n) is 2.61. The van der Waals surface area contributed by atoms with Crippen LogP contribution < -0.4 is 10.1 Å². The standard InChI is InChI=1S/C18H19ClN2O/c1-22-18-7-6-13(10-16(18)19)11-20-9-8-14-12-21-17-5-3-2-4-15(14)17/h2-7,10,12,20-21H,8-9,11H2,1H3. The van der Waals surface area contributed by atoms with Crippen molar-refractivity contribution in [3.05, 3.63) is 64.8 Å². The number of hydrogen-bond acceptors (Lipinski definition) is 2. The van der Waals surface area contributed by atoms with E-state index in [2.05, 4.69) is 34.7 Å². The topological polar surface area (TPSA) is 37.0 Å². The summed E-state index contributed by atoms with van der Waals surface area (Å²) >= 11 is 6.13. The first-order chi connectivity index (χ1) is 10.8. The molecule has 4 heteroatoms. The van der Waals surface area contributed by atoms with E-state index in [4.69, 9.17) is 16.3 Å². The van der Waals surface area contributed by atoms with E-state index < -0.39 is 0 Å².